The van der Waals surface area contributed by atoms with Crippen molar-refractivity contribution in [2.45, 2.75) is 6.42 Å². The van der Waals surface area contributed by atoms with Crippen molar-refractivity contribution in [1.82, 2.24) is 0 Å². The predicted octanol–water partition coefficient (Wildman–Crippen LogP) is 3.01. The van der Waals surface area contributed by atoms with Crippen LogP contribution in [0.3, 0.4) is 0 Å². The monoisotopic (exact) mass is 321 g/mol. The molecule has 0 spiro atoms. The fraction of sp³-hybridized carbons (Fsp3) is 0.364. The van der Waals surface area contributed by atoms with Crippen LogP contribution in [0.5, 0.6) is 0 Å². The molecule has 0 saturated carbocycles. The Kier molecular flexibility index (Phi) is 3.73. The lowest BCUT2D eigenvalue weighted by molar-refractivity contribution is -0.117. The van der Waals surface area contributed by atoms with Crippen LogP contribution in [0.25, 0.3) is 0 Å². The van der Waals surface area contributed by atoms with Crippen LogP contribution in [0.4, 0.5) is 14.5 Å². The van der Waals surface area contributed by atoms with Gasteiger partial charge in [0, 0.05) is 19.0 Å². The summed E-state index contributed by atoms with van der Waals surface area (Å²) in [6, 6.07) is 1.94. The fourth-order valence-electron chi connectivity index (χ4n) is 1.88. The van der Waals surface area contributed by atoms with E-state index in [1.807, 2.05) is 0 Å². The lowest BCUT2D eigenvalue weighted by Gasteiger charge is -2.18. The van der Waals surface area contributed by atoms with Crippen molar-refractivity contribution < 1.29 is 13.6 Å². The average Bonchev–Trinajstić information content (AvgIpc) is 2.65. The number of rotatable bonds is 2. The molecule has 2 nitrogen and oxygen atoms in total. The molecule has 17 heavy (non-hydrogen) atoms. The Labute approximate surface area is 112 Å². The van der Waals surface area contributed by atoms with E-state index in [4.69, 9.17) is 0 Å². The molecule has 6 heteroatoms. The Morgan fingerprint density at radius 1 is 1.47 bits per heavy atom. The van der Waals surface area contributed by atoms with Crippen LogP contribution in [0, 0.1) is 17.6 Å². The van der Waals surface area contributed by atoms with Gasteiger partial charge in [0.25, 0.3) is 0 Å². The Morgan fingerprint density at radius 3 is 2.76 bits per heavy atom. The summed E-state index contributed by atoms with van der Waals surface area (Å²) in [4.78, 5) is 13.1. The molecule has 2 rings (SSSR count). The first-order valence-corrected chi connectivity index (χ1v) is 6.51. The molecule has 1 saturated heterocycles. The number of carbonyl (C=O) groups excluding carboxylic acids is 1. The minimum atomic E-state index is -0.706. The minimum absolute atomic E-state index is 0.118. The topological polar surface area (TPSA) is 20.3 Å². The summed E-state index contributed by atoms with van der Waals surface area (Å²) >= 11 is 7.18. The van der Waals surface area contributed by atoms with Crippen molar-refractivity contribution in [3.05, 3.63) is 28.2 Å². The van der Waals surface area contributed by atoms with E-state index in [1.54, 1.807) is 0 Å². The maximum absolute atomic E-state index is 13.4. The van der Waals surface area contributed by atoms with Crippen LogP contribution in [0.15, 0.2) is 16.6 Å². The van der Waals surface area contributed by atoms with Gasteiger partial charge in [0.05, 0.1) is 10.2 Å². The number of thiol groups is 1. The Balaban J connectivity index is 2.38. The van der Waals surface area contributed by atoms with E-state index in [-0.39, 0.29) is 22.0 Å². The third kappa shape index (κ3) is 2.47. The summed E-state index contributed by atoms with van der Waals surface area (Å²) in [6.45, 7) is 0.448. The van der Waals surface area contributed by atoms with Gasteiger partial charge < -0.3 is 4.90 Å². The molecule has 92 valence electrons. The zero-order valence-electron chi connectivity index (χ0n) is 8.79. The summed E-state index contributed by atoms with van der Waals surface area (Å²) in [6.07, 6.45) is 0.369. The van der Waals surface area contributed by atoms with Gasteiger partial charge >= 0.3 is 0 Å². The van der Waals surface area contributed by atoms with Crippen LogP contribution in [-0.2, 0) is 4.79 Å². The molecule has 0 aromatic heterocycles. The number of benzene rings is 1. The number of amides is 1. The van der Waals surface area contributed by atoms with Gasteiger partial charge in [-0.2, -0.15) is 12.6 Å². The second kappa shape index (κ2) is 4.94. The summed E-state index contributed by atoms with van der Waals surface area (Å²) in [5.41, 5.74) is 0.247. The second-order valence-electron chi connectivity index (χ2n) is 3.98. The SMILES string of the molecule is O=C1CC(CS)CN1c1cc(F)cc(F)c1Br. The molecule has 0 radical (unpaired) electrons. The third-order valence-electron chi connectivity index (χ3n) is 2.73. The van der Waals surface area contributed by atoms with Gasteiger partial charge in [0.1, 0.15) is 11.6 Å². The van der Waals surface area contributed by atoms with Crippen molar-refractivity contribution in [2.24, 2.45) is 5.92 Å². The lowest BCUT2D eigenvalue weighted by atomic mass is 10.1. The molecule has 1 aliphatic heterocycles. The molecule has 0 aliphatic carbocycles. The molecular weight excluding hydrogens is 312 g/mol. The van der Waals surface area contributed by atoms with Gasteiger partial charge in [-0.1, -0.05) is 0 Å². The van der Waals surface area contributed by atoms with E-state index in [0.29, 0.717) is 18.7 Å². The number of hydrogen-bond donors (Lipinski definition) is 1. The largest absolute Gasteiger partial charge is 0.311 e. The van der Waals surface area contributed by atoms with Crippen molar-refractivity contribution in [2.75, 3.05) is 17.2 Å². The van der Waals surface area contributed by atoms with Gasteiger partial charge in [-0.15, -0.1) is 0 Å². The smallest absolute Gasteiger partial charge is 0.227 e. The number of anilines is 1. The highest BCUT2D eigenvalue weighted by Gasteiger charge is 2.31. The number of halogens is 3. The molecule has 1 atom stereocenters. The molecule has 1 aromatic rings. The third-order valence-corrected chi connectivity index (χ3v) is 4.03. The van der Waals surface area contributed by atoms with Crippen molar-refractivity contribution in [3.63, 3.8) is 0 Å². The van der Waals surface area contributed by atoms with Crippen LogP contribution in [-0.4, -0.2) is 18.2 Å². The Bertz CT molecular complexity index is 469. The Hall–Kier alpha value is -0.620. The van der Waals surface area contributed by atoms with E-state index in [1.165, 1.54) is 4.90 Å². The highest BCUT2D eigenvalue weighted by Crippen LogP contribution is 2.34. The molecule has 0 bridgehead atoms. The molecule has 1 aliphatic rings. The summed E-state index contributed by atoms with van der Waals surface area (Å²) < 4.78 is 26.6. The standard InChI is InChI=1S/C11H10BrF2NOS/c12-11-8(14)2-7(13)3-9(11)15-4-6(5-17)1-10(15)16/h2-3,6,17H,1,4-5H2. The van der Waals surface area contributed by atoms with E-state index >= 15 is 0 Å². The summed E-state index contributed by atoms with van der Waals surface area (Å²) in [7, 11) is 0. The molecule has 1 fully saturated rings. The van der Waals surface area contributed by atoms with Crippen LogP contribution >= 0.6 is 28.6 Å². The fourth-order valence-corrected chi connectivity index (χ4v) is 2.56. The molecular formula is C11H10BrF2NOS. The van der Waals surface area contributed by atoms with E-state index in [9.17, 15) is 13.6 Å². The number of hydrogen-bond acceptors (Lipinski definition) is 2. The Morgan fingerprint density at radius 2 is 2.18 bits per heavy atom. The van der Waals surface area contributed by atoms with Crippen LogP contribution < -0.4 is 4.90 Å². The average molecular weight is 322 g/mol. The zero-order chi connectivity index (χ0) is 12.6. The highest BCUT2D eigenvalue weighted by atomic mass is 79.9. The zero-order valence-corrected chi connectivity index (χ0v) is 11.3. The van der Waals surface area contributed by atoms with Crippen LogP contribution in [0.2, 0.25) is 0 Å². The number of nitrogens with zero attached hydrogens (tertiary/aromatic N) is 1. The van der Waals surface area contributed by atoms with E-state index < -0.39 is 11.6 Å². The number of carbonyl (C=O) groups is 1. The minimum Gasteiger partial charge on any atom is -0.311 e. The summed E-state index contributed by atoms with van der Waals surface area (Å²) in [5, 5.41) is 0. The second-order valence-corrected chi connectivity index (χ2v) is 5.14. The first-order chi connectivity index (χ1) is 8.02. The molecule has 0 N–H and O–H groups in total. The highest BCUT2D eigenvalue weighted by molar-refractivity contribution is 9.10. The van der Waals surface area contributed by atoms with Crippen molar-refractivity contribution in [3.8, 4) is 0 Å². The lowest BCUT2D eigenvalue weighted by Crippen LogP contribution is -2.25. The molecule has 1 aromatic carbocycles. The van der Waals surface area contributed by atoms with Crippen molar-refractivity contribution in [1.29, 1.82) is 0 Å². The van der Waals surface area contributed by atoms with Crippen LogP contribution in [0.1, 0.15) is 6.42 Å². The van der Waals surface area contributed by atoms with Gasteiger partial charge in [-0.25, -0.2) is 8.78 Å². The van der Waals surface area contributed by atoms with E-state index in [0.717, 1.165) is 12.1 Å². The normalized spacial score (nSPS) is 20.1. The van der Waals surface area contributed by atoms with Gasteiger partial charge in [0.2, 0.25) is 5.91 Å². The first-order valence-electron chi connectivity index (χ1n) is 5.08. The van der Waals surface area contributed by atoms with Gasteiger partial charge in [-0.3, -0.25) is 4.79 Å². The molecule has 1 amide bonds. The maximum Gasteiger partial charge on any atom is 0.227 e. The first kappa shape index (κ1) is 12.8. The predicted molar refractivity (Wildman–Crippen MR) is 68.4 cm³/mol. The summed E-state index contributed by atoms with van der Waals surface area (Å²) in [5.74, 6) is -0.818. The molecule has 1 heterocycles. The molecule has 1 unspecified atom stereocenters. The van der Waals surface area contributed by atoms with Gasteiger partial charge in [-0.05, 0) is 33.7 Å². The van der Waals surface area contributed by atoms with Gasteiger partial charge in [0.15, 0.2) is 0 Å². The van der Waals surface area contributed by atoms with Crippen molar-refractivity contribution >= 4 is 40.2 Å². The van der Waals surface area contributed by atoms with E-state index in [2.05, 4.69) is 28.6 Å². The maximum atomic E-state index is 13.4. The quantitative estimate of drug-likeness (QED) is 0.656.